The van der Waals surface area contributed by atoms with E-state index in [1.54, 1.807) is 11.0 Å². The van der Waals surface area contributed by atoms with Crippen molar-refractivity contribution in [1.82, 2.24) is 15.1 Å². The molecule has 0 aliphatic carbocycles. The highest BCUT2D eigenvalue weighted by atomic mass is 35.5. The first-order valence-electron chi connectivity index (χ1n) is 8.22. The molecule has 0 saturated carbocycles. The molecule has 24 heavy (non-hydrogen) atoms. The second kappa shape index (κ2) is 8.44. The number of piperazine rings is 1. The fourth-order valence-electron chi connectivity index (χ4n) is 3.22. The summed E-state index contributed by atoms with van der Waals surface area (Å²) in [5, 5.41) is 3.27. The van der Waals surface area contributed by atoms with E-state index in [9.17, 15) is 14.0 Å². The van der Waals surface area contributed by atoms with E-state index in [2.05, 4.69) is 5.32 Å². The number of nitrogens with zero attached hydrogens (tertiary/aromatic N) is 2. The lowest BCUT2D eigenvalue weighted by atomic mass is 10.0. The number of nitrogens with one attached hydrogen (secondary N) is 1. The first kappa shape index (κ1) is 18.7. The maximum absolute atomic E-state index is 13.2. The molecule has 2 fully saturated rings. The van der Waals surface area contributed by atoms with Gasteiger partial charge in [-0.25, -0.2) is 4.39 Å². The molecule has 2 aliphatic rings. The van der Waals surface area contributed by atoms with Gasteiger partial charge in [-0.05, 0) is 37.6 Å². The molecular weight excluding hydrogens is 333 g/mol. The van der Waals surface area contributed by atoms with Crippen molar-refractivity contribution >= 4 is 24.2 Å². The Morgan fingerprint density at radius 1 is 1.08 bits per heavy atom. The van der Waals surface area contributed by atoms with Crippen LogP contribution in [0.1, 0.15) is 29.6 Å². The average molecular weight is 356 g/mol. The highest BCUT2D eigenvalue weighted by Gasteiger charge is 2.29. The number of rotatable bonds is 2. The zero-order valence-corrected chi connectivity index (χ0v) is 14.4. The molecule has 0 radical (unpaired) electrons. The predicted molar refractivity (Wildman–Crippen MR) is 91.8 cm³/mol. The second-order valence-electron chi connectivity index (χ2n) is 6.13. The van der Waals surface area contributed by atoms with Gasteiger partial charge in [-0.1, -0.05) is 12.5 Å². The van der Waals surface area contributed by atoms with Crippen LogP contribution in [0, 0.1) is 5.82 Å². The summed E-state index contributed by atoms with van der Waals surface area (Å²) in [5.41, 5.74) is 0.360. The fourth-order valence-corrected chi connectivity index (χ4v) is 3.22. The summed E-state index contributed by atoms with van der Waals surface area (Å²) in [6.07, 6.45) is 3.10. The average Bonchev–Trinajstić information content (AvgIpc) is 2.61. The van der Waals surface area contributed by atoms with Crippen LogP contribution in [0.2, 0.25) is 0 Å². The SMILES string of the molecule is Cl.O=C(c1cccc(F)c1)N1CCN(C(=O)C2CCCCN2)CC1. The Hall–Kier alpha value is -1.66. The molecule has 2 saturated heterocycles. The van der Waals surface area contributed by atoms with Crippen LogP contribution in [0.4, 0.5) is 4.39 Å². The molecule has 3 rings (SSSR count). The molecule has 1 unspecified atom stereocenters. The lowest BCUT2D eigenvalue weighted by Crippen LogP contribution is -2.55. The Morgan fingerprint density at radius 3 is 2.42 bits per heavy atom. The Labute approximate surface area is 147 Å². The van der Waals surface area contributed by atoms with Crippen molar-refractivity contribution in [2.45, 2.75) is 25.3 Å². The van der Waals surface area contributed by atoms with Gasteiger partial charge in [-0.15, -0.1) is 12.4 Å². The van der Waals surface area contributed by atoms with E-state index in [1.165, 1.54) is 18.2 Å². The van der Waals surface area contributed by atoms with Crippen molar-refractivity contribution in [3.05, 3.63) is 35.6 Å². The zero-order chi connectivity index (χ0) is 16.2. The van der Waals surface area contributed by atoms with E-state index in [0.717, 1.165) is 25.8 Å². The number of piperidine rings is 1. The van der Waals surface area contributed by atoms with Crippen LogP contribution in [0.3, 0.4) is 0 Å². The molecule has 2 heterocycles. The largest absolute Gasteiger partial charge is 0.338 e. The monoisotopic (exact) mass is 355 g/mol. The third-order valence-corrected chi connectivity index (χ3v) is 4.56. The molecule has 5 nitrogen and oxygen atoms in total. The number of carbonyl (C=O) groups is 2. The summed E-state index contributed by atoms with van der Waals surface area (Å²) in [4.78, 5) is 28.3. The Morgan fingerprint density at radius 2 is 1.79 bits per heavy atom. The summed E-state index contributed by atoms with van der Waals surface area (Å²) >= 11 is 0. The van der Waals surface area contributed by atoms with Crippen LogP contribution in [0.15, 0.2) is 24.3 Å². The third-order valence-electron chi connectivity index (χ3n) is 4.56. The zero-order valence-electron chi connectivity index (χ0n) is 13.5. The maximum atomic E-state index is 13.2. The van der Waals surface area contributed by atoms with Gasteiger partial charge < -0.3 is 15.1 Å². The molecule has 0 spiro atoms. The molecule has 0 bridgehead atoms. The molecule has 0 aromatic heterocycles. The number of hydrogen-bond acceptors (Lipinski definition) is 3. The van der Waals surface area contributed by atoms with E-state index in [1.807, 2.05) is 4.90 Å². The highest BCUT2D eigenvalue weighted by Crippen LogP contribution is 2.14. The maximum Gasteiger partial charge on any atom is 0.254 e. The van der Waals surface area contributed by atoms with Crippen molar-refractivity contribution in [1.29, 1.82) is 0 Å². The van der Waals surface area contributed by atoms with Gasteiger partial charge in [0, 0.05) is 31.7 Å². The van der Waals surface area contributed by atoms with E-state index in [4.69, 9.17) is 0 Å². The number of benzene rings is 1. The molecule has 1 N–H and O–H groups in total. The molecule has 1 aromatic rings. The van der Waals surface area contributed by atoms with Gasteiger partial charge in [0.25, 0.3) is 5.91 Å². The van der Waals surface area contributed by atoms with Crippen molar-refractivity contribution < 1.29 is 14.0 Å². The fraction of sp³-hybridized carbons (Fsp3) is 0.529. The lowest BCUT2D eigenvalue weighted by Gasteiger charge is -2.37. The summed E-state index contributed by atoms with van der Waals surface area (Å²) in [6, 6.07) is 5.66. The Bertz CT molecular complexity index is 585. The summed E-state index contributed by atoms with van der Waals surface area (Å²) in [5.74, 6) is -0.442. The molecule has 2 aliphatic heterocycles. The van der Waals surface area contributed by atoms with Gasteiger partial charge in [-0.3, -0.25) is 9.59 Å². The second-order valence-corrected chi connectivity index (χ2v) is 6.13. The highest BCUT2D eigenvalue weighted by molar-refractivity contribution is 5.94. The van der Waals surface area contributed by atoms with E-state index >= 15 is 0 Å². The van der Waals surface area contributed by atoms with Crippen molar-refractivity contribution in [2.24, 2.45) is 0 Å². The predicted octanol–water partition coefficient (Wildman–Crippen LogP) is 1.67. The minimum Gasteiger partial charge on any atom is -0.338 e. The molecule has 7 heteroatoms. The summed E-state index contributed by atoms with van der Waals surface area (Å²) in [6.45, 7) is 2.96. The first-order valence-corrected chi connectivity index (χ1v) is 8.22. The number of amides is 2. The molecule has 1 aromatic carbocycles. The van der Waals surface area contributed by atoms with Gasteiger partial charge in [0.15, 0.2) is 0 Å². The molecule has 2 amide bonds. The van der Waals surface area contributed by atoms with Gasteiger partial charge in [0.05, 0.1) is 6.04 Å². The van der Waals surface area contributed by atoms with Crippen LogP contribution in [-0.2, 0) is 4.79 Å². The van der Waals surface area contributed by atoms with E-state index in [-0.39, 0.29) is 30.3 Å². The van der Waals surface area contributed by atoms with Gasteiger partial charge in [0.1, 0.15) is 5.82 Å². The van der Waals surface area contributed by atoms with Crippen LogP contribution >= 0.6 is 12.4 Å². The van der Waals surface area contributed by atoms with E-state index in [0.29, 0.717) is 31.7 Å². The first-order chi connectivity index (χ1) is 11.1. The topological polar surface area (TPSA) is 52.7 Å². The minimum absolute atomic E-state index is 0. The van der Waals surface area contributed by atoms with Crippen LogP contribution < -0.4 is 5.32 Å². The number of hydrogen-bond donors (Lipinski definition) is 1. The quantitative estimate of drug-likeness (QED) is 0.878. The van der Waals surface area contributed by atoms with Crippen LogP contribution in [-0.4, -0.2) is 60.4 Å². The molecular formula is C17H23ClFN3O2. The van der Waals surface area contributed by atoms with Crippen molar-refractivity contribution in [2.75, 3.05) is 32.7 Å². The Balaban J connectivity index is 0.00000208. The van der Waals surface area contributed by atoms with Crippen molar-refractivity contribution in [3.63, 3.8) is 0 Å². The third kappa shape index (κ3) is 4.24. The lowest BCUT2D eigenvalue weighted by molar-refractivity contribution is -0.135. The minimum atomic E-state index is -0.409. The molecule has 1 atom stereocenters. The standard InChI is InChI=1S/C17H22FN3O2.ClH/c18-14-5-3-4-13(12-14)16(22)20-8-10-21(11-9-20)17(23)15-6-1-2-7-19-15;/h3-5,12,15,19H,1-2,6-11H2;1H. The summed E-state index contributed by atoms with van der Waals surface area (Å²) < 4.78 is 13.2. The Kier molecular flexibility index (Phi) is 6.57. The van der Waals surface area contributed by atoms with Crippen LogP contribution in [0.5, 0.6) is 0 Å². The van der Waals surface area contributed by atoms with Crippen LogP contribution in [0.25, 0.3) is 0 Å². The smallest absolute Gasteiger partial charge is 0.254 e. The van der Waals surface area contributed by atoms with Gasteiger partial charge >= 0.3 is 0 Å². The number of carbonyl (C=O) groups excluding carboxylic acids is 2. The van der Waals surface area contributed by atoms with Crippen molar-refractivity contribution in [3.8, 4) is 0 Å². The summed E-state index contributed by atoms with van der Waals surface area (Å²) in [7, 11) is 0. The van der Waals surface area contributed by atoms with Gasteiger partial charge in [-0.2, -0.15) is 0 Å². The number of halogens is 2. The van der Waals surface area contributed by atoms with E-state index < -0.39 is 5.82 Å². The van der Waals surface area contributed by atoms with Gasteiger partial charge in [0.2, 0.25) is 5.91 Å². The molecule has 132 valence electrons. The normalized spacial score (nSPS) is 21.1.